The number of piperidine rings is 1. The van der Waals surface area contributed by atoms with Crippen LogP contribution in [0.15, 0.2) is 63.7 Å². The maximum atomic E-state index is 10.7. The molecule has 2 aliphatic rings. The average Bonchev–Trinajstić information content (AvgIpc) is 3.02. The summed E-state index contributed by atoms with van der Waals surface area (Å²) in [5.74, 6) is 1.19. The van der Waals surface area contributed by atoms with Crippen molar-refractivity contribution in [3.05, 3.63) is 74.8 Å². The fourth-order valence-electron chi connectivity index (χ4n) is 5.08. The first-order valence-electron chi connectivity index (χ1n) is 11.7. The number of hydrogen-bond donors (Lipinski definition) is 2. The van der Waals surface area contributed by atoms with Crippen LogP contribution in [0.2, 0.25) is 0 Å². The van der Waals surface area contributed by atoms with Crippen LogP contribution in [0.4, 0.5) is 0 Å². The Hall–Kier alpha value is -1.85. The number of hydrogen-bond acceptors (Lipinski definition) is 4. The topological polar surface area (TPSA) is 52.9 Å². The predicted octanol–water partition coefficient (Wildman–Crippen LogP) is 5.48. The molecule has 0 amide bonds. The van der Waals surface area contributed by atoms with Crippen LogP contribution >= 0.6 is 0 Å². The molecule has 1 fully saturated rings. The number of aromatic hydroxyl groups is 1. The molecule has 0 spiro atoms. The van der Waals surface area contributed by atoms with Crippen molar-refractivity contribution >= 4 is 24.8 Å². The SMILES string of the molecule is CC1=[C](c2ccc(O)cc2)[In]([CH2]c2ccc(OCCN3CCCC(C)(C)C3)cc2)[C](O)=C1. The van der Waals surface area contributed by atoms with Gasteiger partial charge in [0.25, 0.3) is 0 Å². The van der Waals surface area contributed by atoms with Gasteiger partial charge in [0, 0.05) is 0 Å². The number of ether oxygens (including phenoxy) is 1. The Labute approximate surface area is 199 Å². The monoisotopic (exact) mass is 535 g/mol. The molecule has 2 heterocycles. The second-order valence-corrected chi connectivity index (χ2v) is 17.7. The van der Waals surface area contributed by atoms with Crippen LogP contribution in [0, 0.1) is 5.41 Å². The van der Waals surface area contributed by atoms with Crippen LogP contribution in [0.3, 0.4) is 0 Å². The molecule has 2 aromatic rings. The van der Waals surface area contributed by atoms with Gasteiger partial charge in [0.05, 0.1) is 0 Å². The van der Waals surface area contributed by atoms with E-state index in [1.807, 2.05) is 18.2 Å². The molecule has 2 aliphatic heterocycles. The molecule has 0 saturated carbocycles. The van der Waals surface area contributed by atoms with Gasteiger partial charge in [-0.05, 0) is 0 Å². The quantitative estimate of drug-likeness (QED) is 0.494. The number of likely N-dealkylation sites (tertiary alicyclic amines) is 1. The summed E-state index contributed by atoms with van der Waals surface area (Å²) in [5.41, 5.74) is 3.96. The third-order valence-corrected chi connectivity index (χ3v) is 16.0. The van der Waals surface area contributed by atoms with Gasteiger partial charge >= 0.3 is 200 Å². The Bertz CT molecular complexity index is 993. The van der Waals surface area contributed by atoms with E-state index in [4.69, 9.17) is 4.74 Å². The van der Waals surface area contributed by atoms with Crippen molar-refractivity contribution in [1.29, 1.82) is 0 Å². The molecule has 4 nitrogen and oxygen atoms in total. The van der Waals surface area contributed by atoms with E-state index < -0.39 is 21.4 Å². The van der Waals surface area contributed by atoms with Crippen molar-refractivity contribution in [2.75, 3.05) is 26.2 Å². The molecule has 0 aliphatic carbocycles. The van der Waals surface area contributed by atoms with E-state index in [2.05, 4.69) is 49.9 Å². The molecule has 4 rings (SSSR count). The standard InChI is InChI=1S/C16H24NO.C11H10O2.In/c1-14-5-7-15(8-6-14)18-12-11-17-10-4-9-16(2,3)13-17;1-9(6-7-12)8-10-2-4-11(13)5-3-10;/h5-8H,1,4,9-13H2,2-3H3;2-6,12-13H,1H3;. The fraction of sp³-hybridized carbons (Fsp3) is 0.407. The maximum absolute atomic E-state index is 10.7. The summed E-state index contributed by atoms with van der Waals surface area (Å²) < 4.78 is 8.89. The molecule has 32 heavy (non-hydrogen) atoms. The van der Waals surface area contributed by atoms with Crippen LogP contribution < -0.4 is 4.74 Å². The van der Waals surface area contributed by atoms with Crippen molar-refractivity contribution in [3.63, 3.8) is 0 Å². The van der Waals surface area contributed by atoms with Crippen LogP contribution in [0.5, 0.6) is 11.5 Å². The van der Waals surface area contributed by atoms with E-state index in [0.717, 1.165) is 34.2 Å². The summed E-state index contributed by atoms with van der Waals surface area (Å²) in [4.78, 5) is 2.51. The normalized spacial score (nSPS) is 18.7. The van der Waals surface area contributed by atoms with Crippen molar-refractivity contribution in [3.8, 4) is 11.5 Å². The van der Waals surface area contributed by atoms with Gasteiger partial charge in [-0.15, -0.1) is 0 Å². The molecular weight excluding hydrogens is 501 g/mol. The zero-order chi connectivity index (χ0) is 22.7. The molecule has 0 bridgehead atoms. The van der Waals surface area contributed by atoms with Gasteiger partial charge in [0.15, 0.2) is 0 Å². The molecular formula is C27H34InNO3. The van der Waals surface area contributed by atoms with E-state index in [1.165, 1.54) is 28.3 Å². The Morgan fingerprint density at radius 1 is 1.03 bits per heavy atom. The third-order valence-electron chi connectivity index (χ3n) is 6.69. The second kappa shape index (κ2) is 9.96. The van der Waals surface area contributed by atoms with E-state index in [9.17, 15) is 10.2 Å². The zero-order valence-corrected chi connectivity index (χ0v) is 22.8. The minimum atomic E-state index is -2.56. The average molecular weight is 535 g/mol. The number of aliphatic hydroxyl groups excluding tert-OH is 1. The molecule has 1 saturated heterocycles. The number of allylic oxidation sites excluding steroid dienone is 2. The first-order chi connectivity index (χ1) is 15.3. The zero-order valence-electron chi connectivity index (χ0n) is 19.5. The predicted molar refractivity (Wildman–Crippen MR) is 132 cm³/mol. The third kappa shape index (κ3) is 5.74. The fourth-order valence-corrected chi connectivity index (χ4v) is 14.0. The van der Waals surface area contributed by atoms with E-state index >= 15 is 0 Å². The van der Waals surface area contributed by atoms with Gasteiger partial charge < -0.3 is 0 Å². The molecule has 0 atom stereocenters. The summed E-state index contributed by atoms with van der Waals surface area (Å²) in [7, 11) is 0. The van der Waals surface area contributed by atoms with Crippen molar-refractivity contribution in [1.82, 2.24) is 4.90 Å². The Morgan fingerprint density at radius 3 is 2.44 bits per heavy atom. The van der Waals surface area contributed by atoms with Crippen LogP contribution in [0.1, 0.15) is 44.7 Å². The summed E-state index contributed by atoms with van der Waals surface area (Å²) in [6, 6.07) is 15.8. The summed E-state index contributed by atoms with van der Waals surface area (Å²) in [6.45, 7) is 10.8. The van der Waals surface area contributed by atoms with Gasteiger partial charge in [0.1, 0.15) is 0 Å². The summed E-state index contributed by atoms with van der Waals surface area (Å²) >= 11 is -2.56. The molecule has 0 radical (unpaired) electrons. The van der Waals surface area contributed by atoms with E-state index in [-0.39, 0.29) is 5.75 Å². The summed E-state index contributed by atoms with van der Waals surface area (Å²) in [5, 5.41) is 20.3. The minimum absolute atomic E-state index is 0.272. The van der Waals surface area contributed by atoms with E-state index in [0.29, 0.717) is 15.5 Å². The number of rotatable bonds is 7. The Morgan fingerprint density at radius 2 is 1.75 bits per heavy atom. The van der Waals surface area contributed by atoms with Crippen LogP contribution in [-0.2, 0) is 4.18 Å². The Balaban J connectivity index is 1.34. The summed E-state index contributed by atoms with van der Waals surface area (Å²) in [6.07, 6.45) is 4.53. The van der Waals surface area contributed by atoms with Crippen LogP contribution in [0.25, 0.3) is 3.33 Å². The van der Waals surface area contributed by atoms with Gasteiger partial charge in [-0.25, -0.2) is 0 Å². The van der Waals surface area contributed by atoms with Gasteiger partial charge in [-0.2, -0.15) is 0 Å². The van der Waals surface area contributed by atoms with Crippen molar-refractivity contribution < 1.29 is 14.9 Å². The second-order valence-electron chi connectivity index (χ2n) is 10.0. The first kappa shape index (κ1) is 23.3. The number of aliphatic hydroxyl groups is 1. The molecule has 0 aromatic heterocycles. The molecule has 168 valence electrons. The van der Waals surface area contributed by atoms with Gasteiger partial charge in [-0.3, -0.25) is 0 Å². The molecule has 5 heteroatoms. The number of benzene rings is 2. The number of nitrogens with zero attached hydrogens (tertiary/aromatic N) is 1. The van der Waals surface area contributed by atoms with Gasteiger partial charge in [-0.1, -0.05) is 0 Å². The molecule has 2 aromatic carbocycles. The van der Waals surface area contributed by atoms with Crippen molar-refractivity contribution in [2.45, 2.75) is 37.8 Å². The molecule has 2 N–H and O–H groups in total. The van der Waals surface area contributed by atoms with Gasteiger partial charge in [0.2, 0.25) is 0 Å². The van der Waals surface area contributed by atoms with E-state index in [1.54, 1.807) is 12.1 Å². The van der Waals surface area contributed by atoms with Crippen LogP contribution in [-0.4, -0.2) is 62.8 Å². The molecule has 0 unspecified atom stereocenters. The first-order valence-corrected chi connectivity index (χ1v) is 17.3. The Kier molecular flexibility index (Phi) is 7.26. The number of phenolic OH excluding ortho intramolecular Hbond substituents is 1. The van der Waals surface area contributed by atoms with Crippen molar-refractivity contribution in [2.24, 2.45) is 5.41 Å². The number of phenols is 1.